The van der Waals surface area contributed by atoms with Crippen LogP contribution in [0.2, 0.25) is 0 Å². The molecule has 5 aliphatic rings. The standard InChI is InChI=1S/C20H28N4O2/c1-21-19-22-10-15(17(24-19)12-3-2-4-12)18(25)23-16-13-5-11-6-14(16)9-20(26,7-11)8-13/h10-14,16,26H,2-9H2,1H3,(H,23,25)(H,21,22,24)/t11?,13?,14?,16-,20+. The van der Waals surface area contributed by atoms with Crippen LogP contribution < -0.4 is 10.6 Å². The van der Waals surface area contributed by atoms with Gasteiger partial charge in [0.15, 0.2) is 0 Å². The Morgan fingerprint density at radius 1 is 1.23 bits per heavy atom. The molecule has 1 amide bonds. The quantitative estimate of drug-likeness (QED) is 0.771. The molecule has 0 aromatic carbocycles. The van der Waals surface area contributed by atoms with Gasteiger partial charge >= 0.3 is 0 Å². The van der Waals surface area contributed by atoms with E-state index in [0.717, 1.165) is 50.6 Å². The summed E-state index contributed by atoms with van der Waals surface area (Å²) >= 11 is 0. The maximum Gasteiger partial charge on any atom is 0.254 e. The third-order valence-corrected chi connectivity index (χ3v) is 7.32. The average molecular weight is 356 g/mol. The first kappa shape index (κ1) is 16.5. The Balaban J connectivity index is 1.38. The van der Waals surface area contributed by atoms with Gasteiger partial charge in [0, 0.05) is 25.2 Å². The zero-order chi connectivity index (χ0) is 17.9. The molecule has 2 unspecified atom stereocenters. The molecule has 26 heavy (non-hydrogen) atoms. The van der Waals surface area contributed by atoms with Crippen molar-refractivity contribution in [3.63, 3.8) is 0 Å². The Morgan fingerprint density at radius 3 is 2.54 bits per heavy atom. The predicted octanol–water partition coefficient (Wildman–Crippen LogP) is 2.46. The fraction of sp³-hybridized carbons (Fsp3) is 0.750. The predicted molar refractivity (Wildman–Crippen MR) is 97.9 cm³/mol. The summed E-state index contributed by atoms with van der Waals surface area (Å²) in [5, 5.41) is 17.1. The summed E-state index contributed by atoms with van der Waals surface area (Å²) in [6, 6.07) is 0.192. The second-order valence-corrected chi connectivity index (χ2v) is 9.06. The monoisotopic (exact) mass is 356 g/mol. The molecule has 5 aliphatic carbocycles. The van der Waals surface area contributed by atoms with Crippen molar-refractivity contribution in [2.24, 2.45) is 17.8 Å². The van der Waals surface area contributed by atoms with Gasteiger partial charge < -0.3 is 15.7 Å². The molecular weight excluding hydrogens is 328 g/mol. The van der Waals surface area contributed by atoms with Gasteiger partial charge in [-0.15, -0.1) is 0 Å². The molecule has 2 atom stereocenters. The van der Waals surface area contributed by atoms with E-state index in [-0.39, 0.29) is 11.9 Å². The summed E-state index contributed by atoms with van der Waals surface area (Å²) in [4.78, 5) is 22.0. The lowest BCUT2D eigenvalue weighted by Crippen LogP contribution is -2.61. The zero-order valence-electron chi connectivity index (χ0n) is 15.4. The molecule has 0 spiro atoms. The number of anilines is 1. The Hall–Kier alpha value is -1.69. The molecular formula is C20H28N4O2. The Labute approximate surface area is 154 Å². The Morgan fingerprint density at radius 2 is 1.96 bits per heavy atom. The lowest BCUT2D eigenvalue weighted by molar-refractivity contribution is -0.136. The van der Waals surface area contributed by atoms with Crippen LogP contribution in [0.15, 0.2) is 6.20 Å². The zero-order valence-corrected chi connectivity index (χ0v) is 15.4. The first-order chi connectivity index (χ1) is 12.5. The highest BCUT2D eigenvalue weighted by atomic mass is 16.3. The lowest BCUT2D eigenvalue weighted by atomic mass is 9.52. The summed E-state index contributed by atoms with van der Waals surface area (Å²) in [6.45, 7) is 0. The summed E-state index contributed by atoms with van der Waals surface area (Å²) < 4.78 is 0. The molecule has 5 saturated carbocycles. The molecule has 0 aliphatic heterocycles. The number of hydrogen-bond donors (Lipinski definition) is 3. The van der Waals surface area contributed by atoms with Crippen molar-refractivity contribution in [1.82, 2.24) is 15.3 Å². The highest BCUT2D eigenvalue weighted by Crippen LogP contribution is 2.55. The van der Waals surface area contributed by atoms with Gasteiger partial charge in [0.05, 0.1) is 16.9 Å². The topological polar surface area (TPSA) is 87.1 Å². The molecule has 0 radical (unpaired) electrons. The minimum atomic E-state index is -0.466. The van der Waals surface area contributed by atoms with E-state index in [9.17, 15) is 9.90 Å². The van der Waals surface area contributed by atoms with E-state index in [0.29, 0.717) is 35.2 Å². The molecule has 0 saturated heterocycles. The van der Waals surface area contributed by atoms with Crippen molar-refractivity contribution in [3.8, 4) is 0 Å². The number of aromatic nitrogens is 2. The van der Waals surface area contributed by atoms with Crippen LogP contribution in [0.25, 0.3) is 0 Å². The third-order valence-electron chi connectivity index (χ3n) is 7.32. The number of carbonyl (C=O) groups excluding carboxylic acids is 1. The van der Waals surface area contributed by atoms with E-state index in [1.165, 1.54) is 6.42 Å². The number of amides is 1. The minimum absolute atomic E-state index is 0.0287. The van der Waals surface area contributed by atoms with Gasteiger partial charge in [-0.3, -0.25) is 4.79 Å². The first-order valence-corrected chi connectivity index (χ1v) is 10.1. The number of aliphatic hydroxyl groups is 1. The second-order valence-electron chi connectivity index (χ2n) is 9.06. The van der Waals surface area contributed by atoms with Gasteiger partial charge in [0.25, 0.3) is 5.91 Å². The lowest BCUT2D eigenvalue weighted by Gasteiger charge is -2.58. The molecule has 4 bridgehead atoms. The van der Waals surface area contributed by atoms with Crippen molar-refractivity contribution in [3.05, 3.63) is 17.5 Å². The Kier molecular flexibility index (Phi) is 3.75. The fourth-order valence-electron chi connectivity index (χ4n) is 6.13. The summed E-state index contributed by atoms with van der Waals surface area (Å²) in [7, 11) is 1.80. The number of nitrogens with zero attached hydrogens (tertiary/aromatic N) is 2. The molecule has 1 aromatic rings. The number of carbonyl (C=O) groups is 1. The van der Waals surface area contributed by atoms with Crippen LogP contribution >= 0.6 is 0 Å². The molecule has 6 heteroatoms. The van der Waals surface area contributed by atoms with Crippen molar-refractivity contribution in [1.29, 1.82) is 0 Å². The maximum absolute atomic E-state index is 13.1. The van der Waals surface area contributed by atoms with E-state index in [1.807, 2.05) is 0 Å². The summed E-state index contributed by atoms with van der Waals surface area (Å²) in [6.07, 6.45) is 10.0. The van der Waals surface area contributed by atoms with E-state index in [2.05, 4.69) is 20.6 Å². The van der Waals surface area contributed by atoms with Crippen LogP contribution in [-0.4, -0.2) is 39.7 Å². The molecule has 1 aromatic heterocycles. The van der Waals surface area contributed by atoms with Gasteiger partial charge in [0.1, 0.15) is 0 Å². The second kappa shape index (κ2) is 5.91. The highest BCUT2D eigenvalue weighted by Gasteiger charge is 2.55. The SMILES string of the molecule is CNc1ncc(C(=O)N[C@H]2C3CC4CC2C[C@@](O)(C4)C3)c(C2CCC2)n1. The number of hydrogen-bond acceptors (Lipinski definition) is 5. The number of nitrogens with one attached hydrogen (secondary N) is 2. The van der Waals surface area contributed by atoms with E-state index in [4.69, 9.17) is 0 Å². The van der Waals surface area contributed by atoms with Crippen LogP contribution in [0.3, 0.4) is 0 Å². The van der Waals surface area contributed by atoms with Crippen molar-refractivity contribution < 1.29 is 9.90 Å². The molecule has 3 N–H and O–H groups in total. The molecule has 6 rings (SSSR count). The van der Waals surface area contributed by atoms with Crippen LogP contribution in [0.4, 0.5) is 5.95 Å². The normalized spacial score (nSPS) is 38.1. The van der Waals surface area contributed by atoms with Crippen LogP contribution in [0.5, 0.6) is 0 Å². The van der Waals surface area contributed by atoms with Crippen LogP contribution in [0, 0.1) is 17.8 Å². The highest BCUT2D eigenvalue weighted by molar-refractivity contribution is 5.95. The van der Waals surface area contributed by atoms with Crippen LogP contribution in [-0.2, 0) is 0 Å². The van der Waals surface area contributed by atoms with Gasteiger partial charge in [-0.25, -0.2) is 9.97 Å². The summed E-state index contributed by atoms with van der Waals surface area (Å²) in [5.41, 5.74) is 1.07. The molecule has 140 valence electrons. The molecule has 1 heterocycles. The fourth-order valence-corrected chi connectivity index (χ4v) is 6.13. The van der Waals surface area contributed by atoms with Gasteiger partial charge in [0.2, 0.25) is 5.95 Å². The van der Waals surface area contributed by atoms with Gasteiger partial charge in [-0.1, -0.05) is 6.42 Å². The van der Waals surface area contributed by atoms with Crippen molar-refractivity contribution >= 4 is 11.9 Å². The smallest absolute Gasteiger partial charge is 0.254 e. The Bertz CT molecular complexity index is 717. The van der Waals surface area contributed by atoms with E-state index >= 15 is 0 Å². The maximum atomic E-state index is 13.1. The first-order valence-electron chi connectivity index (χ1n) is 10.1. The third kappa shape index (κ3) is 2.61. The minimum Gasteiger partial charge on any atom is -0.390 e. The molecule has 6 nitrogen and oxygen atoms in total. The average Bonchev–Trinajstić information content (AvgIpc) is 2.55. The van der Waals surface area contributed by atoms with Crippen molar-refractivity contribution in [2.45, 2.75) is 68.9 Å². The number of rotatable bonds is 4. The molecule has 5 fully saturated rings. The van der Waals surface area contributed by atoms with E-state index < -0.39 is 5.60 Å². The van der Waals surface area contributed by atoms with Gasteiger partial charge in [-0.05, 0) is 62.7 Å². The largest absolute Gasteiger partial charge is 0.390 e. The summed E-state index contributed by atoms with van der Waals surface area (Å²) in [5.74, 6) is 2.42. The van der Waals surface area contributed by atoms with E-state index in [1.54, 1.807) is 13.2 Å². The van der Waals surface area contributed by atoms with Crippen molar-refractivity contribution in [2.75, 3.05) is 12.4 Å². The van der Waals surface area contributed by atoms with Crippen LogP contribution in [0.1, 0.15) is 73.3 Å². The van der Waals surface area contributed by atoms with Gasteiger partial charge in [-0.2, -0.15) is 0 Å².